The average molecular weight is 291 g/mol. The second kappa shape index (κ2) is 6.11. The molecule has 1 aliphatic rings. The van der Waals surface area contributed by atoms with Crippen molar-refractivity contribution in [2.24, 2.45) is 5.41 Å². The first kappa shape index (κ1) is 15.3. The first-order valence-electron chi connectivity index (χ1n) is 7.01. The molecule has 1 aromatic rings. The largest absolute Gasteiger partial charge is 0.481 e. The number of pyridine rings is 1. The molecule has 6 nitrogen and oxygen atoms in total. The van der Waals surface area contributed by atoms with Crippen LogP contribution in [-0.2, 0) is 4.79 Å². The molecule has 1 atom stereocenters. The fraction of sp³-hybridized carbons (Fsp3) is 0.533. The molecule has 0 aromatic carbocycles. The van der Waals surface area contributed by atoms with E-state index in [0.717, 1.165) is 12.8 Å². The Balaban J connectivity index is 2.13. The molecule has 0 radical (unpaired) electrons. The standard InChI is InChI=1S/C15H21N3O3/c1-15(14(20)16-2)7-4-8-18(10-15)13(19)11-5-6-12(21-3)17-9-11/h5-6,9H,4,7-8,10H2,1-3H3,(H,16,20). The SMILES string of the molecule is CNC(=O)C1(C)CCCN(C(=O)c2ccc(OC)nc2)C1. The summed E-state index contributed by atoms with van der Waals surface area (Å²) in [6.07, 6.45) is 3.11. The second-order valence-corrected chi connectivity index (χ2v) is 5.56. The molecule has 0 spiro atoms. The van der Waals surface area contributed by atoms with Gasteiger partial charge >= 0.3 is 0 Å². The Morgan fingerprint density at radius 3 is 2.76 bits per heavy atom. The number of hydrogen-bond acceptors (Lipinski definition) is 4. The quantitative estimate of drug-likeness (QED) is 0.904. The zero-order valence-electron chi connectivity index (χ0n) is 12.7. The fourth-order valence-electron chi connectivity index (χ4n) is 2.71. The summed E-state index contributed by atoms with van der Waals surface area (Å²) < 4.78 is 4.98. The number of amides is 2. The monoisotopic (exact) mass is 291 g/mol. The molecule has 1 unspecified atom stereocenters. The van der Waals surface area contributed by atoms with E-state index in [1.165, 1.54) is 13.3 Å². The van der Waals surface area contributed by atoms with Crippen molar-refractivity contribution in [3.8, 4) is 5.88 Å². The third-order valence-corrected chi connectivity index (χ3v) is 3.95. The summed E-state index contributed by atoms with van der Waals surface area (Å²) in [4.78, 5) is 30.3. The first-order valence-corrected chi connectivity index (χ1v) is 7.01. The third-order valence-electron chi connectivity index (χ3n) is 3.95. The van der Waals surface area contributed by atoms with E-state index in [1.54, 1.807) is 24.1 Å². The number of ether oxygens (including phenoxy) is 1. The highest BCUT2D eigenvalue weighted by Gasteiger charge is 2.38. The number of hydrogen-bond donors (Lipinski definition) is 1. The smallest absolute Gasteiger partial charge is 0.255 e. The molecule has 1 aromatic heterocycles. The minimum absolute atomic E-state index is 0.0205. The van der Waals surface area contributed by atoms with Crippen LogP contribution < -0.4 is 10.1 Å². The molecule has 2 rings (SSSR count). The van der Waals surface area contributed by atoms with Gasteiger partial charge in [-0.15, -0.1) is 0 Å². The number of carbonyl (C=O) groups is 2. The maximum Gasteiger partial charge on any atom is 0.255 e. The number of rotatable bonds is 3. The Kier molecular flexibility index (Phi) is 4.45. The van der Waals surface area contributed by atoms with Gasteiger partial charge in [-0.3, -0.25) is 9.59 Å². The second-order valence-electron chi connectivity index (χ2n) is 5.56. The summed E-state index contributed by atoms with van der Waals surface area (Å²) >= 11 is 0. The first-order chi connectivity index (χ1) is 10.00. The van der Waals surface area contributed by atoms with Gasteiger partial charge in [0.05, 0.1) is 18.1 Å². The summed E-state index contributed by atoms with van der Waals surface area (Å²) in [5, 5.41) is 2.68. The van der Waals surface area contributed by atoms with E-state index >= 15 is 0 Å². The number of piperidine rings is 1. The number of carbonyl (C=O) groups excluding carboxylic acids is 2. The van der Waals surface area contributed by atoms with Crippen LogP contribution in [-0.4, -0.2) is 48.9 Å². The van der Waals surface area contributed by atoms with E-state index in [9.17, 15) is 9.59 Å². The Morgan fingerprint density at radius 2 is 2.19 bits per heavy atom. The number of aromatic nitrogens is 1. The van der Waals surface area contributed by atoms with Gasteiger partial charge in [-0.1, -0.05) is 0 Å². The van der Waals surface area contributed by atoms with Crippen LogP contribution in [0.25, 0.3) is 0 Å². The van der Waals surface area contributed by atoms with Gasteiger partial charge in [0.1, 0.15) is 0 Å². The molecule has 2 amide bonds. The van der Waals surface area contributed by atoms with Crippen LogP contribution in [0.2, 0.25) is 0 Å². The van der Waals surface area contributed by atoms with Gasteiger partial charge in [0.2, 0.25) is 11.8 Å². The van der Waals surface area contributed by atoms with Gasteiger partial charge in [0.15, 0.2) is 0 Å². The molecular formula is C15H21N3O3. The van der Waals surface area contributed by atoms with Gasteiger partial charge < -0.3 is 15.0 Å². The van der Waals surface area contributed by atoms with E-state index in [0.29, 0.717) is 24.5 Å². The summed E-state index contributed by atoms with van der Waals surface area (Å²) in [5.41, 5.74) is -0.0142. The summed E-state index contributed by atoms with van der Waals surface area (Å²) in [6, 6.07) is 3.36. The molecule has 1 N–H and O–H groups in total. The zero-order chi connectivity index (χ0) is 15.5. The van der Waals surface area contributed by atoms with Crippen molar-refractivity contribution < 1.29 is 14.3 Å². The van der Waals surface area contributed by atoms with Gasteiger partial charge in [-0.2, -0.15) is 0 Å². The van der Waals surface area contributed by atoms with Crippen molar-refractivity contribution >= 4 is 11.8 Å². The average Bonchev–Trinajstić information content (AvgIpc) is 2.53. The highest BCUT2D eigenvalue weighted by Crippen LogP contribution is 2.30. The Bertz CT molecular complexity index is 529. The summed E-state index contributed by atoms with van der Waals surface area (Å²) in [5.74, 6) is 0.355. The van der Waals surface area contributed by atoms with E-state index in [2.05, 4.69) is 10.3 Å². The van der Waals surface area contributed by atoms with Crippen molar-refractivity contribution in [2.45, 2.75) is 19.8 Å². The molecule has 1 fully saturated rings. The fourth-order valence-corrected chi connectivity index (χ4v) is 2.71. The lowest BCUT2D eigenvalue weighted by Gasteiger charge is -2.39. The maximum atomic E-state index is 12.5. The van der Waals surface area contributed by atoms with Crippen molar-refractivity contribution in [3.63, 3.8) is 0 Å². The molecule has 1 saturated heterocycles. The van der Waals surface area contributed by atoms with Crippen LogP contribution in [0.5, 0.6) is 5.88 Å². The highest BCUT2D eigenvalue weighted by molar-refractivity contribution is 5.94. The van der Waals surface area contributed by atoms with Crippen LogP contribution in [0.4, 0.5) is 0 Å². The predicted octanol–water partition coefficient (Wildman–Crippen LogP) is 1.08. The van der Waals surface area contributed by atoms with Crippen LogP contribution in [0.15, 0.2) is 18.3 Å². The minimum Gasteiger partial charge on any atom is -0.481 e. The molecule has 2 heterocycles. The predicted molar refractivity (Wildman–Crippen MR) is 78.1 cm³/mol. The normalized spacial score (nSPS) is 21.8. The lowest BCUT2D eigenvalue weighted by Crippen LogP contribution is -2.51. The van der Waals surface area contributed by atoms with E-state index < -0.39 is 5.41 Å². The zero-order valence-corrected chi connectivity index (χ0v) is 12.7. The number of likely N-dealkylation sites (tertiary alicyclic amines) is 1. The van der Waals surface area contributed by atoms with Crippen LogP contribution in [0.1, 0.15) is 30.1 Å². The van der Waals surface area contributed by atoms with E-state index in [1.807, 2.05) is 6.92 Å². The minimum atomic E-state index is -0.525. The van der Waals surface area contributed by atoms with E-state index in [-0.39, 0.29) is 11.8 Å². The Hall–Kier alpha value is -2.11. The summed E-state index contributed by atoms with van der Waals surface area (Å²) in [6.45, 7) is 2.99. The van der Waals surface area contributed by atoms with Gasteiger partial charge in [0.25, 0.3) is 5.91 Å². The van der Waals surface area contributed by atoms with Crippen molar-refractivity contribution in [1.82, 2.24) is 15.2 Å². The third kappa shape index (κ3) is 3.15. The van der Waals surface area contributed by atoms with Crippen molar-refractivity contribution in [1.29, 1.82) is 0 Å². The van der Waals surface area contributed by atoms with Crippen molar-refractivity contribution in [3.05, 3.63) is 23.9 Å². The molecule has 21 heavy (non-hydrogen) atoms. The molecule has 114 valence electrons. The van der Waals surface area contributed by atoms with Gasteiger partial charge in [0, 0.05) is 32.4 Å². The summed E-state index contributed by atoms with van der Waals surface area (Å²) in [7, 11) is 3.16. The molecule has 0 aliphatic carbocycles. The Labute approximate surface area is 124 Å². The van der Waals surface area contributed by atoms with E-state index in [4.69, 9.17) is 4.74 Å². The topological polar surface area (TPSA) is 71.5 Å². The number of nitrogens with zero attached hydrogens (tertiary/aromatic N) is 2. The van der Waals surface area contributed by atoms with Crippen molar-refractivity contribution in [2.75, 3.05) is 27.2 Å². The molecule has 1 aliphatic heterocycles. The lowest BCUT2D eigenvalue weighted by molar-refractivity contribution is -0.132. The molecular weight excluding hydrogens is 270 g/mol. The Morgan fingerprint density at radius 1 is 1.43 bits per heavy atom. The number of nitrogens with one attached hydrogen (secondary N) is 1. The van der Waals surface area contributed by atoms with Gasteiger partial charge in [-0.05, 0) is 25.8 Å². The maximum absolute atomic E-state index is 12.5. The molecule has 0 saturated carbocycles. The van der Waals surface area contributed by atoms with Crippen LogP contribution in [0.3, 0.4) is 0 Å². The highest BCUT2D eigenvalue weighted by atomic mass is 16.5. The van der Waals surface area contributed by atoms with Crippen LogP contribution in [0, 0.1) is 5.41 Å². The molecule has 0 bridgehead atoms. The number of methoxy groups -OCH3 is 1. The van der Waals surface area contributed by atoms with Gasteiger partial charge in [-0.25, -0.2) is 4.98 Å². The lowest BCUT2D eigenvalue weighted by atomic mass is 9.81. The van der Waals surface area contributed by atoms with Crippen LogP contribution >= 0.6 is 0 Å². The molecule has 6 heteroatoms.